The molecular formula is C35H21NS4. The third-order valence-electron chi connectivity index (χ3n) is 7.93. The van der Waals surface area contributed by atoms with Crippen molar-refractivity contribution in [2.75, 3.05) is 5.73 Å². The Morgan fingerprint density at radius 1 is 0.450 bits per heavy atom. The van der Waals surface area contributed by atoms with E-state index < -0.39 is 0 Å². The molecule has 0 saturated carbocycles. The van der Waals surface area contributed by atoms with Gasteiger partial charge in [0, 0.05) is 45.6 Å². The maximum atomic E-state index is 6.00. The quantitative estimate of drug-likeness (QED) is 0.215. The molecule has 0 radical (unpaired) electrons. The van der Waals surface area contributed by atoms with E-state index in [-0.39, 0.29) is 0 Å². The van der Waals surface area contributed by atoms with Gasteiger partial charge in [0.25, 0.3) is 0 Å². The van der Waals surface area contributed by atoms with Crippen LogP contribution in [0.15, 0.2) is 97.1 Å². The maximum absolute atomic E-state index is 6.00. The van der Waals surface area contributed by atoms with E-state index in [9.17, 15) is 0 Å². The highest BCUT2D eigenvalue weighted by molar-refractivity contribution is 7.33. The van der Waals surface area contributed by atoms with E-state index >= 15 is 0 Å². The number of thiophene rings is 4. The first-order chi connectivity index (χ1) is 19.6. The largest absolute Gasteiger partial charge is 0.391 e. The summed E-state index contributed by atoms with van der Waals surface area (Å²) in [6.07, 6.45) is 0. The minimum absolute atomic E-state index is 0.855. The first kappa shape index (κ1) is 23.0. The fourth-order valence-electron chi connectivity index (χ4n) is 5.96. The molecule has 0 aliphatic carbocycles. The molecule has 4 aromatic heterocycles. The van der Waals surface area contributed by atoms with Crippen LogP contribution in [0.5, 0.6) is 0 Å². The Kier molecular flexibility index (Phi) is 4.82. The zero-order valence-electron chi connectivity index (χ0n) is 21.4. The highest BCUT2D eigenvalue weighted by Gasteiger charge is 2.15. The highest BCUT2D eigenvalue weighted by atomic mass is 32.1. The van der Waals surface area contributed by atoms with Crippen LogP contribution in [0, 0.1) is 6.92 Å². The SMILES string of the molecule is Cc1ccc(-c2ccc3cc4c(cc3c2)sc2c4ccc3c4cc5ccc(-c6ccc(N)s6)cc5cc4sc32)s1. The Bertz CT molecular complexity index is 2290. The van der Waals surface area contributed by atoms with Gasteiger partial charge in [0.2, 0.25) is 0 Å². The summed E-state index contributed by atoms with van der Waals surface area (Å²) in [4.78, 5) is 3.90. The zero-order valence-corrected chi connectivity index (χ0v) is 24.7. The van der Waals surface area contributed by atoms with Crippen molar-refractivity contribution in [1.29, 1.82) is 0 Å². The molecule has 0 aliphatic heterocycles. The van der Waals surface area contributed by atoms with Crippen LogP contribution in [0.3, 0.4) is 0 Å². The van der Waals surface area contributed by atoms with Gasteiger partial charge in [0.15, 0.2) is 0 Å². The molecule has 0 fully saturated rings. The lowest BCUT2D eigenvalue weighted by molar-refractivity contribution is 1.64. The first-order valence-corrected chi connectivity index (χ1v) is 16.5. The number of aryl methyl sites for hydroxylation is 1. The van der Waals surface area contributed by atoms with E-state index in [2.05, 4.69) is 97.9 Å². The van der Waals surface area contributed by atoms with Crippen LogP contribution in [0.25, 0.3) is 82.8 Å². The third kappa shape index (κ3) is 3.42. The molecule has 1 nitrogen and oxygen atoms in total. The summed E-state index contributed by atoms with van der Waals surface area (Å²) < 4.78 is 5.50. The third-order valence-corrected chi connectivity index (χ3v) is 12.4. The lowest BCUT2D eigenvalue weighted by atomic mass is 10.0. The topological polar surface area (TPSA) is 26.0 Å². The van der Waals surface area contributed by atoms with Crippen molar-refractivity contribution in [3.05, 3.63) is 102 Å². The molecule has 0 unspecified atom stereocenters. The number of rotatable bonds is 2. The number of hydrogen-bond acceptors (Lipinski definition) is 5. The van der Waals surface area contributed by atoms with Gasteiger partial charge in [-0.25, -0.2) is 0 Å². The van der Waals surface area contributed by atoms with E-state index in [0.717, 1.165) is 5.00 Å². The van der Waals surface area contributed by atoms with Gasteiger partial charge < -0.3 is 5.73 Å². The molecule has 5 heteroatoms. The van der Waals surface area contributed by atoms with E-state index in [1.165, 1.54) is 87.6 Å². The Balaban J connectivity index is 1.24. The van der Waals surface area contributed by atoms with Gasteiger partial charge in [0.05, 0.1) is 14.4 Å². The van der Waals surface area contributed by atoms with Gasteiger partial charge in [0.1, 0.15) is 0 Å². The number of nitrogens with two attached hydrogens (primary N) is 1. The zero-order chi connectivity index (χ0) is 26.5. The van der Waals surface area contributed by atoms with Crippen LogP contribution >= 0.6 is 45.3 Å². The van der Waals surface area contributed by atoms with Crippen LogP contribution < -0.4 is 5.73 Å². The molecule has 0 atom stereocenters. The van der Waals surface area contributed by atoms with E-state index in [1.54, 1.807) is 11.3 Å². The molecule has 2 N–H and O–H groups in total. The van der Waals surface area contributed by atoms with Crippen LogP contribution in [-0.2, 0) is 0 Å². The van der Waals surface area contributed by atoms with Crippen molar-refractivity contribution < 1.29 is 0 Å². The van der Waals surface area contributed by atoms with Gasteiger partial charge in [-0.1, -0.05) is 36.4 Å². The molecule has 0 saturated heterocycles. The molecule has 5 aromatic carbocycles. The average molecular weight is 584 g/mol. The van der Waals surface area contributed by atoms with Crippen molar-refractivity contribution in [3.63, 3.8) is 0 Å². The summed E-state index contributed by atoms with van der Waals surface area (Å²) in [5, 5.41) is 11.4. The van der Waals surface area contributed by atoms with Crippen LogP contribution in [0.4, 0.5) is 5.00 Å². The number of anilines is 1. The van der Waals surface area contributed by atoms with Gasteiger partial charge in [-0.05, 0) is 100 Å². The van der Waals surface area contributed by atoms with Crippen molar-refractivity contribution in [3.8, 4) is 20.9 Å². The second-order valence-corrected chi connectivity index (χ2v) is 15.0. The Morgan fingerprint density at radius 3 is 1.50 bits per heavy atom. The molecule has 0 bridgehead atoms. The van der Waals surface area contributed by atoms with Gasteiger partial charge in [-0.2, -0.15) is 0 Å². The van der Waals surface area contributed by atoms with Crippen LogP contribution in [0.2, 0.25) is 0 Å². The predicted octanol–water partition coefficient (Wildman–Crippen LogP) is 12.1. The fourth-order valence-corrected chi connectivity index (χ4v) is 10.2. The summed E-state index contributed by atoms with van der Waals surface area (Å²) in [5.41, 5.74) is 8.53. The normalized spacial score (nSPS) is 12.2. The minimum atomic E-state index is 0.855. The lowest BCUT2D eigenvalue weighted by Crippen LogP contribution is -1.77. The monoisotopic (exact) mass is 583 g/mol. The van der Waals surface area contributed by atoms with Crippen molar-refractivity contribution in [1.82, 2.24) is 0 Å². The average Bonchev–Trinajstić information content (AvgIpc) is 3.75. The Hall–Kier alpha value is -3.74. The second kappa shape index (κ2) is 8.38. The standard InChI is InChI=1S/C35H21NS4/c1-18-2-9-29(37-18)21-5-3-19-14-27-25-7-8-26-28-15-20-4-6-22(30-10-11-33(36)38-30)13-24(20)17-32(28)40-35(26)34(25)39-31(27)16-23(19)12-21/h2-17H,36H2,1H3. The highest BCUT2D eigenvalue weighted by Crippen LogP contribution is 2.46. The lowest BCUT2D eigenvalue weighted by Gasteiger charge is -2.03. The molecule has 0 aliphatic rings. The first-order valence-electron chi connectivity index (χ1n) is 13.2. The van der Waals surface area contributed by atoms with E-state index in [0.29, 0.717) is 0 Å². The summed E-state index contributed by atoms with van der Waals surface area (Å²) in [6.45, 7) is 2.17. The molecule has 190 valence electrons. The molecule has 4 heterocycles. The molecule has 0 amide bonds. The van der Waals surface area contributed by atoms with Gasteiger partial charge in [-0.15, -0.1) is 45.3 Å². The molecule has 40 heavy (non-hydrogen) atoms. The number of nitrogen functional groups attached to an aromatic ring is 1. The van der Waals surface area contributed by atoms with Crippen LogP contribution in [-0.4, -0.2) is 0 Å². The fraction of sp³-hybridized carbons (Fsp3) is 0.0286. The van der Waals surface area contributed by atoms with Crippen LogP contribution in [0.1, 0.15) is 4.88 Å². The molecule has 9 rings (SSSR count). The Morgan fingerprint density at radius 2 is 1.00 bits per heavy atom. The van der Waals surface area contributed by atoms with E-state index in [1.807, 2.05) is 40.1 Å². The molecular weight excluding hydrogens is 563 g/mol. The summed E-state index contributed by atoms with van der Waals surface area (Å²) >= 11 is 7.37. The number of fused-ring (bicyclic) bond motifs is 9. The summed E-state index contributed by atoms with van der Waals surface area (Å²) in [6, 6.07) is 36.4. The second-order valence-electron chi connectivity index (χ2n) is 10.5. The van der Waals surface area contributed by atoms with Gasteiger partial charge >= 0.3 is 0 Å². The molecule has 9 aromatic rings. The Labute approximate surface area is 246 Å². The smallest absolute Gasteiger partial charge is 0.0862 e. The number of hydrogen-bond donors (Lipinski definition) is 1. The van der Waals surface area contributed by atoms with Gasteiger partial charge in [-0.3, -0.25) is 0 Å². The predicted molar refractivity (Wildman–Crippen MR) is 183 cm³/mol. The maximum Gasteiger partial charge on any atom is 0.0862 e. The van der Waals surface area contributed by atoms with Crippen molar-refractivity contribution in [2.24, 2.45) is 0 Å². The van der Waals surface area contributed by atoms with E-state index in [4.69, 9.17) is 5.73 Å². The summed E-state index contributed by atoms with van der Waals surface area (Å²) in [7, 11) is 0. The van der Waals surface area contributed by atoms with Crippen molar-refractivity contribution in [2.45, 2.75) is 6.92 Å². The van der Waals surface area contributed by atoms with Crippen molar-refractivity contribution >= 4 is 112 Å². The summed E-state index contributed by atoms with van der Waals surface area (Å²) in [5.74, 6) is 0. The number of benzene rings is 5. The minimum Gasteiger partial charge on any atom is -0.391 e. The molecule has 0 spiro atoms.